The number of fused-ring (bicyclic) bond motifs is 1. The second-order valence-electron chi connectivity index (χ2n) is 4.89. The maximum atomic E-state index is 6.15. The summed E-state index contributed by atoms with van der Waals surface area (Å²) in [6.07, 6.45) is 0.985. The van der Waals surface area contributed by atoms with Crippen LogP contribution in [0, 0.1) is 0 Å². The SMILES string of the molecule is CNC(c1cc(Cl)cc(Br)c1)c1ccc2c(c1)CCO2. The van der Waals surface area contributed by atoms with Gasteiger partial charge >= 0.3 is 0 Å². The third kappa shape index (κ3) is 2.71. The molecule has 1 atom stereocenters. The van der Waals surface area contributed by atoms with E-state index in [1.54, 1.807) is 0 Å². The Hall–Kier alpha value is -1.03. The highest BCUT2D eigenvalue weighted by Gasteiger charge is 2.18. The molecule has 1 N–H and O–H groups in total. The van der Waals surface area contributed by atoms with Crippen molar-refractivity contribution in [1.82, 2.24) is 5.32 Å². The highest BCUT2D eigenvalue weighted by molar-refractivity contribution is 9.10. The lowest BCUT2D eigenvalue weighted by molar-refractivity contribution is 0.357. The summed E-state index contributed by atoms with van der Waals surface area (Å²) in [6, 6.07) is 12.5. The first kappa shape index (κ1) is 13.9. The van der Waals surface area contributed by atoms with Crippen molar-refractivity contribution < 1.29 is 4.74 Å². The van der Waals surface area contributed by atoms with E-state index in [-0.39, 0.29) is 6.04 Å². The highest BCUT2D eigenvalue weighted by Crippen LogP contribution is 2.32. The van der Waals surface area contributed by atoms with Crippen LogP contribution in [0.15, 0.2) is 40.9 Å². The third-order valence-corrected chi connectivity index (χ3v) is 4.23. The number of ether oxygens (including phenoxy) is 1. The number of nitrogens with one attached hydrogen (secondary N) is 1. The fourth-order valence-electron chi connectivity index (χ4n) is 2.65. The standard InChI is InChI=1S/C16H15BrClNO/c1-19-16(12-7-13(17)9-14(18)8-12)11-2-3-15-10(6-11)4-5-20-15/h2-3,6-9,16,19H,4-5H2,1H3. The van der Waals surface area contributed by atoms with Crippen molar-refractivity contribution in [1.29, 1.82) is 0 Å². The van der Waals surface area contributed by atoms with Gasteiger partial charge in [0.1, 0.15) is 5.75 Å². The summed E-state index contributed by atoms with van der Waals surface area (Å²) in [5.41, 5.74) is 3.65. The Balaban J connectivity index is 2.01. The Morgan fingerprint density at radius 1 is 1.20 bits per heavy atom. The van der Waals surface area contributed by atoms with Crippen LogP contribution < -0.4 is 10.1 Å². The van der Waals surface area contributed by atoms with Gasteiger partial charge in [0, 0.05) is 15.9 Å². The van der Waals surface area contributed by atoms with E-state index in [0.29, 0.717) is 0 Å². The van der Waals surface area contributed by atoms with Gasteiger partial charge in [-0.2, -0.15) is 0 Å². The van der Waals surface area contributed by atoms with Gasteiger partial charge in [0.25, 0.3) is 0 Å². The molecule has 0 bridgehead atoms. The molecule has 20 heavy (non-hydrogen) atoms. The topological polar surface area (TPSA) is 21.3 Å². The van der Waals surface area contributed by atoms with Crippen LogP contribution in [0.4, 0.5) is 0 Å². The van der Waals surface area contributed by atoms with Gasteiger partial charge < -0.3 is 10.1 Å². The molecule has 0 saturated carbocycles. The minimum atomic E-state index is 0.121. The zero-order chi connectivity index (χ0) is 14.1. The molecule has 1 heterocycles. The average molecular weight is 353 g/mol. The first-order valence-electron chi connectivity index (χ1n) is 6.56. The summed E-state index contributed by atoms with van der Waals surface area (Å²) >= 11 is 9.66. The summed E-state index contributed by atoms with van der Waals surface area (Å²) in [7, 11) is 1.96. The smallest absolute Gasteiger partial charge is 0.122 e. The van der Waals surface area contributed by atoms with Crippen molar-refractivity contribution in [3.63, 3.8) is 0 Å². The lowest BCUT2D eigenvalue weighted by Crippen LogP contribution is -2.17. The van der Waals surface area contributed by atoms with Crippen LogP contribution in [0.25, 0.3) is 0 Å². The predicted molar refractivity (Wildman–Crippen MR) is 85.7 cm³/mol. The fourth-order valence-corrected chi connectivity index (χ4v) is 3.54. The maximum Gasteiger partial charge on any atom is 0.122 e. The van der Waals surface area contributed by atoms with Gasteiger partial charge in [-0.25, -0.2) is 0 Å². The molecule has 4 heteroatoms. The summed E-state index contributed by atoms with van der Waals surface area (Å²) in [5, 5.41) is 4.10. The van der Waals surface area contributed by atoms with Crippen molar-refractivity contribution in [2.24, 2.45) is 0 Å². The van der Waals surface area contributed by atoms with Crippen molar-refractivity contribution in [3.8, 4) is 5.75 Å². The van der Waals surface area contributed by atoms with Gasteiger partial charge in [-0.05, 0) is 48.0 Å². The lowest BCUT2D eigenvalue weighted by atomic mass is 9.96. The molecule has 2 aromatic rings. The summed E-state index contributed by atoms with van der Waals surface area (Å²) in [5.74, 6) is 1.01. The van der Waals surface area contributed by atoms with Crippen molar-refractivity contribution in [3.05, 3.63) is 62.6 Å². The number of benzene rings is 2. The summed E-state index contributed by atoms with van der Waals surface area (Å²) < 4.78 is 6.55. The number of rotatable bonds is 3. The van der Waals surface area contributed by atoms with E-state index in [1.807, 2.05) is 19.2 Å². The van der Waals surface area contributed by atoms with Crippen molar-refractivity contribution >= 4 is 27.5 Å². The maximum absolute atomic E-state index is 6.15. The first-order valence-corrected chi connectivity index (χ1v) is 7.73. The van der Waals surface area contributed by atoms with Gasteiger partial charge in [0.05, 0.1) is 12.6 Å². The highest BCUT2D eigenvalue weighted by atomic mass is 79.9. The zero-order valence-corrected chi connectivity index (χ0v) is 13.5. The molecule has 0 spiro atoms. The molecule has 0 aliphatic carbocycles. The number of halogens is 2. The Labute approximate surface area is 132 Å². The molecule has 0 aromatic heterocycles. The molecule has 1 unspecified atom stereocenters. The monoisotopic (exact) mass is 351 g/mol. The number of hydrogen-bond acceptors (Lipinski definition) is 2. The van der Waals surface area contributed by atoms with Crippen molar-refractivity contribution in [2.75, 3.05) is 13.7 Å². The van der Waals surface area contributed by atoms with Crippen LogP contribution in [-0.2, 0) is 6.42 Å². The van der Waals surface area contributed by atoms with E-state index in [4.69, 9.17) is 16.3 Å². The summed E-state index contributed by atoms with van der Waals surface area (Å²) in [4.78, 5) is 0. The van der Waals surface area contributed by atoms with E-state index in [9.17, 15) is 0 Å². The minimum absolute atomic E-state index is 0.121. The molecule has 3 rings (SSSR count). The van der Waals surface area contributed by atoms with Crippen LogP contribution in [0.1, 0.15) is 22.7 Å². The molecule has 0 fully saturated rings. The van der Waals surface area contributed by atoms with E-state index in [2.05, 4.69) is 45.5 Å². The Morgan fingerprint density at radius 2 is 2.05 bits per heavy atom. The average Bonchev–Trinajstić information content (AvgIpc) is 2.86. The second kappa shape index (κ2) is 5.76. The van der Waals surface area contributed by atoms with E-state index < -0.39 is 0 Å². The molecule has 0 saturated heterocycles. The molecule has 0 amide bonds. The number of hydrogen-bond donors (Lipinski definition) is 1. The quantitative estimate of drug-likeness (QED) is 0.887. The largest absolute Gasteiger partial charge is 0.493 e. The zero-order valence-electron chi connectivity index (χ0n) is 11.1. The van der Waals surface area contributed by atoms with E-state index in [0.717, 1.165) is 33.8 Å². The molecular weight excluding hydrogens is 338 g/mol. The Bertz CT molecular complexity index is 624. The van der Waals surface area contributed by atoms with Gasteiger partial charge in [-0.1, -0.05) is 39.7 Å². The molecule has 0 radical (unpaired) electrons. The van der Waals surface area contributed by atoms with Gasteiger partial charge in [-0.3, -0.25) is 0 Å². The lowest BCUT2D eigenvalue weighted by Gasteiger charge is -2.18. The molecule has 104 valence electrons. The van der Waals surface area contributed by atoms with Crippen LogP contribution >= 0.6 is 27.5 Å². The van der Waals surface area contributed by atoms with E-state index in [1.165, 1.54) is 11.1 Å². The molecule has 1 aliphatic heterocycles. The minimum Gasteiger partial charge on any atom is -0.493 e. The van der Waals surface area contributed by atoms with Crippen molar-refractivity contribution in [2.45, 2.75) is 12.5 Å². The second-order valence-corrected chi connectivity index (χ2v) is 6.24. The van der Waals surface area contributed by atoms with Crippen LogP contribution in [0.3, 0.4) is 0 Å². The first-order chi connectivity index (χ1) is 9.67. The van der Waals surface area contributed by atoms with Gasteiger partial charge in [-0.15, -0.1) is 0 Å². The molecule has 1 aliphatic rings. The molecule has 2 aromatic carbocycles. The molecular formula is C16H15BrClNO. The molecule has 2 nitrogen and oxygen atoms in total. The fraction of sp³-hybridized carbons (Fsp3) is 0.250. The summed E-state index contributed by atoms with van der Waals surface area (Å²) in [6.45, 7) is 0.783. The van der Waals surface area contributed by atoms with Gasteiger partial charge in [0.2, 0.25) is 0 Å². The Kier molecular flexibility index (Phi) is 4.01. The van der Waals surface area contributed by atoms with Crippen LogP contribution in [-0.4, -0.2) is 13.7 Å². The normalized spacial score (nSPS) is 14.8. The third-order valence-electron chi connectivity index (χ3n) is 3.55. The predicted octanol–water partition coefficient (Wildman–Crippen LogP) is 4.35. The Morgan fingerprint density at radius 3 is 2.80 bits per heavy atom. The van der Waals surface area contributed by atoms with Gasteiger partial charge in [0.15, 0.2) is 0 Å². The van der Waals surface area contributed by atoms with Crippen LogP contribution in [0.2, 0.25) is 5.02 Å². The van der Waals surface area contributed by atoms with Crippen LogP contribution in [0.5, 0.6) is 5.75 Å². The van der Waals surface area contributed by atoms with E-state index >= 15 is 0 Å².